The molecule has 2 nitrogen and oxygen atoms in total. The third kappa shape index (κ3) is 9.71. The maximum Gasteiger partial charge on any atom is 0.451 e. The zero-order valence-corrected chi connectivity index (χ0v) is 6.05. The quantitative estimate of drug-likeness (QED) is 0.578. The average Bonchev–Trinajstić information content (AvgIpc) is 1.61. The van der Waals surface area contributed by atoms with E-state index in [4.69, 9.17) is 10.0 Å². The maximum absolute atomic E-state index is 8.24. The summed E-state index contributed by atoms with van der Waals surface area (Å²) in [5, 5.41) is 16.5. The summed E-state index contributed by atoms with van der Waals surface area (Å²) in [5.41, 5.74) is 0. The maximum atomic E-state index is 8.24. The van der Waals surface area contributed by atoms with Crippen molar-refractivity contribution >= 4 is 7.12 Å². The minimum absolute atomic E-state index is 0. The van der Waals surface area contributed by atoms with Crippen LogP contribution in [0.1, 0.15) is 19.8 Å². The molecule has 0 atom stereocenters. The number of rotatable bonds is 3. The second kappa shape index (κ2) is 7.50. The molecule has 0 bridgehead atoms. The summed E-state index contributed by atoms with van der Waals surface area (Å²) in [5.74, 6) is 0. The smallest absolute Gasteiger partial charge is 0.427 e. The van der Waals surface area contributed by atoms with Gasteiger partial charge in [0.05, 0.1) is 0 Å². The Morgan fingerprint density at radius 1 is 1.38 bits per heavy atom. The molecule has 50 valence electrons. The second-order valence-electron chi connectivity index (χ2n) is 1.62. The van der Waals surface area contributed by atoms with Crippen molar-refractivity contribution in [3.8, 4) is 0 Å². The van der Waals surface area contributed by atoms with Crippen LogP contribution in [0.5, 0.6) is 0 Å². The van der Waals surface area contributed by atoms with Crippen LogP contribution in [0.25, 0.3) is 0 Å². The first kappa shape index (κ1) is 11.3. The summed E-state index contributed by atoms with van der Waals surface area (Å²) < 4.78 is 0. The normalized spacial score (nSPS) is 7.88. The van der Waals surface area contributed by atoms with Gasteiger partial charge >= 0.3 is 7.12 Å². The van der Waals surface area contributed by atoms with Gasteiger partial charge in [-0.1, -0.05) is 19.8 Å². The number of hydrogen-bond donors (Lipinski definition) is 2. The first-order valence-electron chi connectivity index (χ1n) is 2.63. The van der Waals surface area contributed by atoms with Gasteiger partial charge in [-0.05, 0) is 6.32 Å². The van der Waals surface area contributed by atoms with Crippen LogP contribution in [-0.4, -0.2) is 17.2 Å². The van der Waals surface area contributed by atoms with Crippen molar-refractivity contribution in [1.29, 1.82) is 0 Å². The molecule has 0 aromatic carbocycles. The summed E-state index contributed by atoms with van der Waals surface area (Å²) in [6, 6.07) is 0. The Bertz CT molecular complexity index is 43.0. The second-order valence-corrected chi connectivity index (χ2v) is 1.62. The van der Waals surface area contributed by atoms with E-state index in [0.717, 1.165) is 12.8 Å². The van der Waals surface area contributed by atoms with Crippen LogP contribution in [0.3, 0.4) is 0 Å². The van der Waals surface area contributed by atoms with E-state index in [2.05, 4.69) is 0 Å². The van der Waals surface area contributed by atoms with Gasteiger partial charge in [0.2, 0.25) is 0 Å². The molecule has 0 aromatic rings. The van der Waals surface area contributed by atoms with Crippen LogP contribution in [0, 0.1) is 0 Å². The Kier molecular flexibility index (Phi) is 10.6. The predicted molar refractivity (Wildman–Crippen MR) is 29.9 cm³/mol. The summed E-state index contributed by atoms with van der Waals surface area (Å²) >= 11 is 0. The van der Waals surface area contributed by atoms with Gasteiger partial charge in [-0.15, -0.1) is 0 Å². The fourth-order valence-electron chi connectivity index (χ4n) is 0.387. The van der Waals surface area contributed by atoms with Crippen LogP contribution in [0.4, 0.5) is 0 Å². The van der Waals surface area contributed by atoms with E-state index in [0.29, 0.717) is 6.32 Å². The SMILES string of the molecule is CCCCB(O)O.[Fe]. The topological polar surface area (TPSA) is 40.5 Å². The van der Waals surface area contributed by atoms with Crippen molar-refractivity contribution in [1.82, 2.24) is 0 Å². The van der Waals surface area contributed by atoms with Crippen LogP contribution >= 0.6 is 0 Å². The van der Waals surface area contributed by atoms with Gasteiger partial charge in [0.25, 0.3) is 0 Å². The van der Waals surface area contributed by atoms with Gasteiger partial charge in [0, 0.05) is 17.1 Å². The van der Waals surface area contributed by atoms with E-state index in [1.54, 1.807) is 0 Å². The molecule has 0 saturated carbocycles. The van der Waals surface area contributed by atoms with Gasteiger partial charge in [-0.3, -0.25) is 0 Å². The zero-order chi connectivity index (χ0) is 5.70. The van der Waals surface area contributed by atoms with Crippen LogP contribution in [-0.2, 0) is 17.1 Å². The summed E-state index contributed by atoms with van der Waals surface area (Å²) in [6.07, 6.45) is 2.44. The Morgan fingerprint density at radius 2 is 1.88 bits per heavy atom. The fourth-order valence-corrected chi connectivity index (χ4v) is 0.387. The van der Waals surface area contributed by atoms with E-state index in [1.807, 2.05) is 6.92 Å². The zero-order valence-electron chi connectivity index (χ0n) is 4.95. The molecule has 0 aliphatic heterocycles. The molecule has 0 fully saturated rings. The Labute approximate surface area is 60.9 Å². The monoisotopic (exact) mass is 158 g/mol. The van der Waals surface area contributed by atoms with E-state index in [-0.39, 0.29) is 17.1 Å². The standard InChI is InChI=1S/C4H11BO2.Fe/c1-2-3-4-5(6)7;/h6-7H,2-4H2,1H3;. The van der Waals surface area contributed by atoms with Gasteiger partial charge in [0.15, 0.2) is 0 Å². The molecule has 0 aliphatic rings. The van der Waals surface area contributed by atoms with Crippen LogP contribution < -0.4 is 0 Å². The van der Waals surface area contributed by atoms with E-state index < -0.39 is 7.12 Å². The molecule has 0 aliphatic carbocycles. The third-order valence-corrected chi connectivity index (χ3v) is 0.816. The van der Waals surface area contributed by atoms with E-state index >= 15 is 0 Å². The first-order valence-corrected chi connectivity index (χ1v) is 2.63. The summed E-state index contributed by atoms with van der Waals surface area (Å²) in [7, 11) is -1.10. The molecule has 0 spiro atoms. The molecule has 4 heteroatoms. The van der Waals surface area contributed by atoms with Crippen molar-refractivity contribution in [3.63, 3.8) is 0 Å². The van der Waals surface area contributed by atoms with Crippen molar-refractivity contribution < 1.29 is 27.1 Å². The Morgan fingerprint density at radius 3 is 2.00 bits per heavy atom. The molecule has 0 unspecified atom stereocenters. The number of unbranched alkanes of at least 4 members (excludes halogenated alkanes) is 1. The minimum Gasteiger partial charge on any atom is -0.427 e. The molecule has 0 aromatic heterocycles. The fraction of sp³-hybridized carbons (Fsp3) is 1.00. The molecule has 0 heterocycles. The molecule has 0 radical (unpaired) electrons. The minimum atomic E-state index is -1.10. The molecule has 0 amide bonds. The van der Waals surface area contributed by atoms with Crippen molar-refractivity contribution in [2.45, 2.75) is 26.1 Å². The van der Waals surface area contributed by atoms with Crippen molar-refractivity contribution in [2.75, 3.05) is 0 Å². The molecule has 8 heavy (non-hydrogen) atoms. The van der Waals surface area contributed by atoms with E-state index in [1.165, 1.54) is 0 Å². The van der Waals surface area contributed by atoms with Crippen LogP contribution in [0.2, 0.25) is 6.32 Å². The molecule has 0 saturated heterocycles. The molecule has 2 N–H and O–H groups in total. The largest absolute Gasteiger partial charge is 0.451 e. The molecule has 0 rings (SSSR count). The van der Waals surface area contributed by atoms with Crippen LogP contribution in [0.15, 0.2) is 0 Å². The third-order valence-electron chi connectivity index (χ3n) is 0.816. The molecular formula is C4H11BFeO2. The Hall–Kier alpha value is 0.504. The van der Waals surface area contributed by atoms with Gasteiger partial charge in [-0.2, -0.15) is 0 Å². The number of hydrogen-bond acceptors (Lipinski definition) is 2. The van der Waals surface area contributed by atoms with Gasteiger partial charge < -0.3 is 10.0 Å². The Balaban J connectivity index is 0. The van der Waals surface area contributed by atoms with E-state index in [9.17, 15) is 0 Å². The molecular weight excluding hydrogens is 147 g/mol. The van der Waals surface area contributed by atoms with Crippen molar-refractivity contribution in [2.24, 2.45) is 0 Å². The van der Waals surface area contributed by atoms with Gasteiger partial charge in [0.1, 0.15) is 0 Å². The van der Waals surface area contributed by atoms with Gasteiger partial charge in [-0.25, -0.2) is 0 Å². The average molecular weight is 158 g/mol. The van der Waals surface area contributed by atoms with Crippen molar-refractivity contribution in [3.05, 3.63) is 0 Å². The predicted octanol–water partition coefficient (Wildman–Crippen LogP) is 0.257. The first-order chi connectivity index (χ1) is 3.27. The summed E-state index contributed by atoms with van der Waals surface area (Å²) in [4.78, 5) is 0. The summed E-state index contributed by atoms with van der Waals surface area (Å²) in [6.45, 7) is 2.02.